The molecule has 6 aromatic carbocycles. The van der Waals surface area contributed by atoms with Crippen LogP contribution in [0.3, 0.4) is 0 Å². The van der Waals surface area contributed by atoms with Gasteiger partial charge < -0.3 is 0 Å². The van der Waals surface area contributed by atoms with E-state index in [1.54, 1.807) is 0 Å². The predicted molar refractivity (Wildman–Crippen MR) is 214 cm³/mol. The van der Waals surface area contributed by atoms with Gasteiger partial charge in [-0.1, -0.05) is 182 Å². The zero-order chi connectivity index (χ0) is 34.7. The van der Waals surface area contributed by atoms with Gasteiger partial charge in [0.15, 0.2) is 0 Å². The molecule has 3 aromatic heterocycles. The zero-order valence-corrected chi connectivity index (χ0v) is 29.0. The van der Waals surface area contributed by atoms with Crippen LogP contribution in [-0.2, 0) is 0 Å². The molecule has 0 fully saturated rings. The van der Waals surface area contributed by atoms with Crippen molar-refractivity contribution in [1.29, 1.82) is 0 Å². The first kappa shape index (κ1) is 31.4. The molecule has 3 N–H and O–H groups in total. The van der Waals surface area contributed by atoms with Crippen LogP contribution in [-0.4, -0.2) is 30.6 Å². The number of benzene rings is 6. The molecule has 0 saturated carbocycles. The van der Waals surface area contributed by atoms with Crippen molar-refractivity contribution in [2.24, 2.45) is 0 Å². The van der Waals surface area contributed by atoms with E-state index in [1.807, 2.05) is 18.2 Å². The van der Waals surface area contributed by atoms with Crippen molar-refractivity contribution in [3.63, 3.8) is 0 Å². The summed E-state index contributed by atoms with van der Waals surface area (Å²) in [6.45, 7) is 0. The Morgan fingerprint density at radius 3 is 0.712 bits per heavy atom. The van der Waals surface area contributed by atoms with Crippen LogP contribution in [0.5, 0.6) is 0 Å². The summed E-state index contributed by atoms with van der Waals surface area (Å²) in [5, 5.41) is 29.3. The molecule has 3 heterocycles. The lowest BCUT2D eigenvalue weighted by atomic mass is 10.1. The maximum absolute atomic E-state index is 5.14. The highest BCUT2D eigenvalue weighted by Gasteiger charge is 2.37. The third-order valence-electron chi connectivity index (χ3n) is 9.22. The fourth-order valence-electron chi connectivity index (χ4n) is 6.81. The number of rotatable bonds is 9. The summed E-state index contributed by atoms with van der Waals surface area (Å²) in [7, 11) is -1.48. The van der Waals surface area contributed by atoms with Crippen molar-refractivity contribution < 1.29 is 0 Å². The van der Waals surface area contributed by atoms with E-state index in [4.69, 9.17) is 15.3 Å². The first-order valence-corrected chi connectivity index (χ1v) is 18.6. The van der Waals surface area contributed by atoms with E-state index in [0.29, 0.717) is 0 Å². The normalized spacial score (nSPS) is 11.2. The highest BCUT2D eigenvalue weighted by Crippen LogP contribution is 2.48. The average molecular weight is 689 g/mol. The number of aromatic amines is 3. The van der Waals surface area contributed by atoms with Gasteiger partial charge in [-0.2, -0.15) is 15.3 Å². The zero-order valence-electron chi connectivity index (χ0n) is 28.1. The Balaban J connectivity index is 1.47. The van der Waals surface area contributed by atoms with Crippen molar-refractivity contribution in [1.82, 2.24) is 30.6 Å². The third kappa shape index (κ3) is 5.75. The second-order valence-electron chi connectivity index (χ2n) is 12.4. The van der Waals surface area contributed by atoms with Gasteiger partial charge >= 0.3 is 0 Å². The Hall–Kier alpha value is -6.62. The monoisotopic (exact) mass is 688 g/mol. The Labute approximate surface area is 303 Å². The van der Waals surface area contributed by atoms with Crippen LogP contribution < -0.4 is 15.9 Å². The second-order valence-corrected chi connectivity index (χ2v) is 14.4. The Morgan fingerprint density at radius 2 is 0.481 bits per heavy atom. The van der Waals surface area contributed by atoms with E-state index in [2.05, 4.69) is 179 Å². The van der Waals surface area contributed by atoms with E-state index >= 15 is 0 Å². The third-order valence-corrected chi connectivity index (χ3v) is 11.9. The van der Waals surface area contributed by atoms with E-state index in [0.717, 1.165) is 83.5 Å². The molecule has 0 atom stereocenters. The van der Waals surface area contributed by atoms with Crippen LogP contribution in [0.2, 0.25) is 0 Å². The average Bonchev–Trinajstić information content (AvgIpc) is 3.99. The van der Waals surface area contributed by atoms with E-state index in [9.17, 15) is 0 Å². The lowest BCUT2D eigenvalue weighted by Gasteiger charge is -2.24. The van der Waals surface area contributed by atoms with Crippen molar-refractivity contribution >= 4 is 23.8 Å². The minimum atomic E-state index is -1.48. The van der Waals surface area contributed by atoms with E-state index < -0.39 is 7.92 Å². The molecule has 9 rings (SSSR count). The summed E-state index contributed by atoms with van der Waals surface area (Å²) in [6, 6.07) is 62.9. The molecule has 0 unspecified atom stereocenters. The van der Waals surface area contributed by atoms with Crippen LogP contribution in [0, 0.1) is 0 Å². The summed E-state index contributed by atoms with van der Waals surface area (Å²) in [6.07, 6.45) is 0. The molecule has 0 radical (unpaired) electrons. The summed E-state index contributed by atoms with van der Waals surface area (Å²) in [5.41, 5.74) is 11.8. The van der Waals surface area contributed by atoms with Gasteiger partial charge in [0, 0.05) is 57.2 Å². The quantitative estimate of drug-likeness (QED) is 0.132. The number of nitrogens with one attached hydrogen (secondary N) is 3. The SMILES string of the molecule is c1ccc(-c2n[nH]c(-c3ccccc3)c2P(c2c(-c3ccccc3)n[nH]c2-c2ccccc2)c2c(-c3ccccc3)n[nH]c2-c2ccccc2)cc1. The van der Waals surface area contributed by atoms with Crippen molar-refractivity contribution in [3.05, 3.63) is 182 Å². The highest BCUT2D eigenvalue weighted by atomic mass is 31.1. The summed E-state index contributed by atoms with van der Waals surface area (Å²) in [5.74, 6) is 0. The molecule has 9 aromatic rings. The molecular formula is C45H33N6P. The summed E-state index contributed by atoms with van der Waals surface area (Å²) < 4.78 is 0. The molecule has 0 aliphatic carbocycles. The van der Waals surface area contributed by atoms with E-state index in [-0.39, 0.29) is 0 Å². The number of hydrogen-bond acceptors (Lipinski definition) is 3. The lowest BCUT2D eigenvalue weighted by Crippen LogP contribution is -2.26. The van der Waals surface area contributed by atoms with Gasteiger partial charge in [-0.3, -0.25) is 15.3 Å². The van der Waals surface area contributed by atoms with Crippen molar-refractivity contribution in [2.45, 2.75) is 0 Å². The molecule has 0 aliphatic rings. The van der Waals surface area contributed by atoms with Gasteiger partial charge in [-0.25, -0.2) is 0 Å². The van der Waals surface area contributed by atoms with Gasteiger partial charge in [0.1, 0.15) is 17.1 Å². The van der Waals surface area contributed by atoms with Crippen LogP contribution in [0.25, 0.3) is 67.5 Å². The Kier molecular flexibility index (Phi) is 8.41. The van der Waals surface area contributed by atoms with Gasteiger partial charge in [-0.05, 0) is 0 Å². The molecule has 52 heavy (non-hydrogen) atoms. The molecule has 7 heteroatoms. The standard InChI is InChI=1S/C45H33N6P/c1-7-19-31(20-8-1)37-43(38(47-46-37)32-21-9-2-10-22-32)52(44-39(33-23-11-3-12-24-33)48-49-40(44)34-25-13-4-14-26-34)45-41(35-27-15-5-16-28-35)50-51-42(45)36-29-17-6-18-30-36/h1-30H,(H,46,47)(H,48,49)(H,50,51). The first-order valence-electron chi connectivity index (χ1n) is 17.2. The first-order chi connectivity index (χ1) is 25.8. The van der Waals surface area contributed by atoms with Gasteiger partial charge in [0.2, 0.25) is 0 Å². The number of aromatic nitrogens is 6. The summed E-state index contributed by atoms with van der Waals surface area (Å²) >= 11 is 0. The fourth-order valence-corrected chi connectivity index (χ4v) is 9.86. The second kappa shape index (κ2) is 13.9. The maximum atomic E-state index is 5.14. The van der Waals surface area contributed by atoms with Gasteiger partial charge in [0.05, 0.1) is 17.1 Å². The molecule has 0 spiro atoms. The topological polar surface area (TPSA) is 86.0 Å². The fraction of sp³-hybridized carbons (Fsp3) is 0. The van der Waals surface area contributed by atoms with Crippen molar-refractivity contribution in [3.8, 4) is 67.5 Å². The molecular weight excluding hydrogens is 656 g/mol. The molecule has 248 valence electrons. The lowest BCUT2D eigenvalue weighted by molar-refractivity contribution is 1.10. The molecule has 0 aliphatic heterocycles. The maximum Gasteiger partial charge on any atom is 0.101 e. The predicted octanol–water partition coefficient (Wildman–Crippen LogP) is 9.62. The van der Waals surface area contributed by atoms with Gasteiger partial charge in [-0.15, -0.1) is 0 Å². The minimum absolute atomic E-state index is 0.893. The smallest absolute Gasteiger partial charge is 0.101 e. The molecule has 0 amide bonds. The molecule has 0 bridgehead atoms. The number of nitrogens with zero attached hydrogens (tertiary/aromatic N) is 3. The molecule has 6 nitrogen and oxygen atoms in total. The van der Waals surface area contributed by atoms with Gasteiger partial charge in [0.25, 0.3) is 0 Å². The van der Waals surface area contributed by atoms with Crippen LogP contribution >= 0.6 is 7.92 Å². The Morgan fingerprint density at radius 1 is 0.269 bits per heavy atom. The summed E-state index contributed by atoms with van der Waals surface area (Å²) in [4.78, 5) is 0. The molecule has 0 saturated heterocycles. The van der Waals surface area contributed by atoms with Crippen LogP contribution in [0.4, 0.5) is 0 Å². The number of hydrogen-bond donors (Lipinski definition) is 3. The Bertz CT molecular complexity index is 2090. The van der Waals surface area contributed by atoms with E-state index in [1.165, 1.54) is 0 Å². The van der Waals surface area contributed by atoms with Crippen molar-refractivity contribution in [2.75, 3.05) is 0 Å². The number of H-pyrrole nitrogens is 3. The van der Waals surface area contributed by atoms with Crippen LogP contribution in [0.15, 0.2) is 182 Å². The highest BCUT2D eigenvalue weighted by molar-refractivity contribution is 7.81. The van der Waals surface area contributed by atoms with Crippen LogP contribution in [0.1, 0.15) is 0 Å². The minimum Gasteiger partial charge on any atom is -0.277 e. The largest absolute Gasteiger partial charge is 0.277 e.